The molecule has 0 aliphatic carbocycles. The highest BCUT2D eigenvalue weighted by Gasteiger charge is 2.59. The first-order valence-corrected chi connectivity index (χ1v) is 25.4. The van der Waals surface area contributed by atoms with Crippen LogP contribution in [0.2, 0.25) is 0 Å². The first-order chi connectivity index (χ1) is 34.5. The molecule has 3 unspecified atom stereocenters. The van der Waals surface area contributed by atoms with E-state index in [1.807, 2.05) is 46.0 Å². The van der Waals surface area contributed by atoms with Crippen LogP contribution in [0.5, 0.6) is 0 Å². The molecule has 3 amide bonds. The van der Waals surface area contributed by atoms with E-state index in [0.29, 0.717) is 50.3 Å². The summed E-state index contributed by atoms with van der Waals surface area (Å²) in [4.78, 5) is 73.8. The molecule has 0 saturated carbocycles. The zero-order chi connectivity index (χ0) is 53.4. The number of fused-ring (bicyclic) bond motifs is 1. The van der Waals surface area contributed by atoms with Crippen LogP contribution >= 0.6 is 0 Å². The van der Waals surface area contributed by atoms with Crippen LogP contribution in [0.15, 0.2) is 54.9 Å². The van der Waals surface area contributed by atoms with Gasteiger partial charge in [-0.2, -0.15) is 0 Å². The van der Waals surface area contributed by atoms with Gasteiger partial charge in [0, 0.05) is 62.2 Å². The minimum absolute atomic E-state index is 0.0468. The number of hydrogen-bond acceptors (Lipinski definition) is 17. The Morgan fingerprint density at radius 1 is 1.04 bits per heavy atom. The maximum Gasteiger partial charge on any atom is 0.412 e. The van der Waals surface area contributed by atoms with Gasteiger partial charge in [-0.1, -0.05) is 44.2 Å². The molecule has 5 heterocycles. The fourth-order valence-corrected chi connectivity index (χ4v) is 10.3. The Bertz CT molecular complexity index is 2370. The molecule has 0 spiro atoms. The van der Waals surface area contributed by atoms with Crippen LogP contribution in [0.4, 0.5) is 15.3 Å². The number of rotatable bonds is 14. The topological polar surface area (TPSA) is 270 Å². The number of ketones is 1. The fraction of sp³-hybridized carbons (Fsp3) is 0.654. The number of methoxy groups -OCH3 is 1. The summed E-state index contributed by atoms with van der Waals surface area (Å²) < 4.78 is 38.7. The quantitative estimate of drug-likeness (QED) is 0.0597. The van der Waals surface area contributed by atoms with Gasteiger partial charge in [0.2, 0.25) is 0 Å². The molecular weight excluding hydrogens is 943 g/mol. The Labute approximate surface area is 428 Å². The zero-order valence-corrected chi connectivity index (χ0v) is 44.2. The number of nitrogens with one attached hydrogen (secondary N) is 3. The van der Waals surface area contributed by atoms with Crippen molar-refractivity contribution in [3.63, 3.8) is 0 Å². The number of amides is 3. The number of benzene rings is 1. The number of Topliss-reactive ketones (excluding diaryl/α,β-unsaturated/α-hetero) is 1. The minimum Gasteiger partial charge on any atom is -0.458 e. The summed E-state index contributed by atoms with van der Waals surface area (Å²) in [6.07, 6.45) is -1.01. The van der Waals surface area contributed by atoms with E-state index < -0.39 is 101 Å². The summed E-state index contributed by atoms with van der Waals surface area (Å²) in [7, 11) is 1.52. The SMILES string of the molecule is CC[C@H]1OC(=O)[C@H](C)C(=O)[C@H](C)[C@@H](O[C@@H]2OC(CNC(=O)c3ccccn3)CC(N)C2O)[C@](C)(OC)C[C@@H](C)CN[C@H](C)[C@H]2N(CCCCn3cc(-c4cccc(NC(=O)OC(C)(C)C)c4)nn3)C(=O)O[C@]12C. The average molecular weight is 1020 g/mol. The second-order valence-corrected chi connectivity index (χ2v) is 21.2. The molecule has 0 radical (unpaired) electrons. The second-order valence-electron chi connectivity index (χ2n) is 21.2. The maximum atomic E-state index is 14.6. The van der Waals surface area contributed by atoms with Crippen LogP contribution in [-0.4, -0.2) is 152 Å². The molecular formula is C52H77N9O12. The van der Waals surface area contributed by atoms with Gasteiger partial charge in [0.15, 0.2) is 17.7 Å². The molecule has 6 N–H and O–H groups in total. The van der Waals surface area contributed by atoms with E-state index in [1.54, 1.807) is 74.5 Å². The highest BCUT2D eigenvalue weighted by atomic mass is 16.7. The lowest BCUT2D eigenvalue weighted by Gasteiger charge is -2.45. The van der Waals surface area contributed by atoms with Crippen LogP contribution < -0.4 is 21.7 Å². The number of nitrogens with zero attached hydrogens (tertiary/aromatic N) is 5. The molecule has 21 heteroatoms. The number of pyridine rings is 1. The number of esters is 1. The van der Waals surface area contributed by atoms with E-state index >= 15 is 0 Å². The Kier molecular flexibility index (Phi) is 18.8. The average Bonchev–Trinajstić information content (AvgIpc) is 3.93. The third kappa shape index (κ3) is 14.0. The first-order valence-electron chi connectivity index (χ1n) is 25.4. The van der Waals surface area contributed by atoms with Gasteiger partial charge < -0.3 is 49.9 Å². The number of carbonyl (C=O) groups excluding carboxylic acids is 5. The van der Waals surface area contributed by atoms with Gasteiger partial charge in [-0.05, 0) is 117 Å². The highest BCUT2D eigenvalue weighted by Crippen LogP contribution is 2.40. The minimum atomic E-state index is -1.33. The van der Waals surface area contributed by atoms with Crippen molar-refractivity contribution in [3.05, 3.63) is 60.6 Å². The summed E-state index contributed by atoms with van der Waals surface area (Å²) in [5.74, 6) is -4.10. The first kappa shape index (κ1) is 56.7. The zero-order valence-electron chi connectivity index (χ0n) is 44.2. The summed E-state index contributed by atoms with van der Waals surface area (Å²) in [6, 6.07) is 10.5. The summed E-state index contributed by atoms with van der Waals surface area (Å²) >= 11 is 0. The Hall–Kier alpha value is -5.58. The molecule has 13 atom stereocenters. The standard InChI is InChI=1S/C52H77N9O12/c1-12-40-52(10)43(61(49(67)73-52)23-16-15-22-60-29-39(58-59-60)34-18-17-19-35(24-34)57-48(66)72-50(6,7)8)33(5)55-27-30(2)26-51(9,68-11)44(31(3)41(62)32(4)46(65)70-40)71-47-42(63)37(53)25-36(69-47)28-56-45(64)38-20-13-14-21-54-38/h13-14,17-21,24,29-33,36-37,40,42-44,47,55,63H,12,15-16,22-23,25-28,53H2,1-11H3,(H,56,64)(H,57,66)/t30-,31+,32-,33-,36?,37?,40-,42?,43-,44-,47+,51-,52-/m1/s1. The number of ether oxygens (including phenoxy) is 6. The molecule has 0 bridgehead atoms. The van der Waals surface area contributed by atoms with E-state index in [1.165, 1.54) is 20.2 Å². The normalized spacial score (nSPS) is 31.6. The lowest BCUT2D eigenvalue weighted by molar-refractivity contribution is -0.289. The molecule has 21 nitrogen and oxygen atoms in total. The molecule has 1 aromatic carbocycles. The number of anilines is 1. The summed E-state index contributed by atoms with van der Waals surface area (Å²) in [5.41, 5.74) is 5.46. The molecule has 3 aromatic rings. The van der Waals surface area contributed by atoms with Gasteiger partial charge in [0.25, 0.3) is 5.91 Å². The van der Waals surface area contributed by atoms with E-state index in [4.69, 9.17) is 34.2 Å². The summed E-state index contributed by atoms with van der Waals surface area (Å²) in [6.45, 7) is 19.3. The molecule has 3 fully saturated rings. The van der Waals surface area contributed by atoms with E-state index in [-0.39, 0.29) is 37.0 Å². The maximum absolute atomic E-state index is 14.6. The van der Waals surface area contributed by atoms with Crippen molar-refractivity contribution in [2.24, 2.45) is 23.5 Å². The lowest BCUT2D eigenvalue weighted by atomic mass is 9.78. The Balaban J connectivity index is 1.16. The van der Waals surface area contributed by atoms with Crippen molar-refractivity contribution in [2.45, 2.75) is 174 Å². The Morgan fingerprint density at radius 2 is 1.78 bits per heavy atom. The van der Waals surface area contributed by atoms with E-state index in [0.717, 1.165) is 5.56 Å². The van der Waals surface area contributed by atoms with Crippen molar-refractivity contribution < 1.29 is 57.5 Å². The van der Waals surface area contributed by atoms with Crippen molar-refractivity contribution in [3.8, 4) is 11.3 Å². The van der Waals surface area contributed by atoms with Crippen LogP contribution in [0.1, 0.15) is 112 Å². The highest BCUT2D eigenvalue weighted by molar-refractivity contribution is 6.00. The van der Waals surface area contributed by atoms with Gasteiger partial charge in [-0.25, -0.2) is 9.59 Å². The molecule has 3 saturated heterocycles. The second kappa shape index (κ2) is 24.2. The smallest absolute Gasteiger partial charge is 0.412 e. The van der Waals surface area contributed by atoms with E-state index in [2.05, 4.69) is 31.2 Å². The van der Waals surface area contributed by atoms with E-state index in [9.17, 15) is 29.1 Å². The van der Waals surface area contributed by atoms with Gasteiger partial charge in [-0.15, -0.1) is 5.10 Å². The fourth-order valence-electron chi connectivity index (χ4n) is 10.3. The number of carbonyl (C=O) groups is 5. The molecule has 6 rings (SSSR count). The molecule has 73 heavy (non-hydrogen) atoms. The monoisotopic (exact) mass is 1020 g/mol. The number of aliphatic hydroxyl groups excluding tert-OH is 1. The number of aryl methyl sites for hydroxylation is 1. The van der Waals surface area contributed by atoms with Gasteiger partial charge in [0.05, 0.1) is 30.0 Å². The lowest BCUT2D eigenvalue weighted by Crippen LogP contribution is -2.61. The van der Waals surface area contributed by atoms with Crippen molar-refractivity contribution in [1.29, 1.82) is 0 Å². The number of aliphatic hydroxyl groups is 1. The van der Waals surface area contributed by atoms with Crippen molar-refractivity contribution >= 4 is 35.5 Å². The van der Waals surface area contributed by atoms with Gasteiger partial charge in [-0.3, -0.25) is 34.3 Å². The number of unbranched alkanes of at least 4 members (excludes halogenated alkanes) is 1. The number of cyclic esters (lactones) is 1. The Morgan fingerprint density at radius 3 is 2.47 bits per heavy atom. The van der Waals surface area contributed by atoms with Crippen LogP contribution in [0.3, 0.4) is 0 Å². The molecule has 2 aromatic heterocycles. The van der Waals surface area contributed by atoms with Gasteiger partial charge >= 0.3 is 18.2 Å². The number of hydrogen-bond donors (Lipinski definition) is 5. The third-order valence-electron chi connectivity index (χ3n) is 14.1. The number of nitrogens with two attached hydrogens (primary N) is 1. The predicted octanol–water partition coefficient (Wildman–Crippen LogP) is 5.25. The van der Waals surface area contributed by atoms with Gasteiger partial charge in [0.1, 0.15) is 35.1 Å². The third-order valence-corrected chi connectivity index (χ3v) is 14.1. The van der Waals surface area contributed by atoms with Crippen LogP contribution in [-0.2, 0) is 44.6 Å². The number of aromatic nitrogens is 4. The van der Waals surface area contributed by atoms with Crippen molar-refractivity contribution in [1.82, 2.24) is 35.5 Å². The van der Waals surface area contributed by atoms with Crippen molar-refractivity contribution in [2.75, 3.05) is 32.1 Å². The molecule has 402 valence electrons. The van der Waals surface area contributed by atoms with Crippen LogP contribution in [0.25, 0.3) is 11.3 Å². The predicted molar refractivity (Wildman–Crippen MR) is 269 cm³/mol. The van der Waals surface area contributed by atoms with Crippen LogP contribution in [0, 0.1) is 17.8 Å². The molecule has 3 aliphatic rings. The summed E-state index contributed by atoms with van der Waals surface area (Å²) in [5, 5.41) is 29.3. The largest absolute Gasteiger partial charge is 0.458 e. The molecule has 3 aliphatic heterocycles.